The summed E-state index contributed by atoms with van der Waals surface area (Å²) in [6.45, 7) is 5.46. The number of carbonyl (C=O) groups is 1. The maximum atomic E-state index is 12.3. The zero-order valence-electron chi connectivity index (χ0n) is 12.1. The van der Waals surface area contributed by atoms with Crippen molar-refractivity contribution < 1.29 is 9.53 Å². The Hall–Kier alpha value is -2.07. The van der Waals surface area contributed by atoms with Gasteiger partial charge in [0.15, 0.2) is 0 Å². The molecule has 4 nitrogen and oxygen atoms in total. The summed E-state index contributed by atoms with van der Waals surface area (Å²) in [7, 11) is 0. The van der Waals surface area contributed by atoms with Gasteiger partial charge in [-0.3, -0.25) is 9.36 Å². The first-order valence-corrected chi connectivity index (χ1v) is 7.00. The van der Waals surface area contributed by atoms with Gasteiger partial charge in [-0.2, -0.15) is 0 Å². The predicted molar refractivity (Wildman–Crippen MR) is 82.5 cm³/mol. The number of benzene rings is 1. The lowest BCUT2D eigenvalue weighted by Crippen LogP contribution is -2.25. The molecule has 2 rings (SSSR count). The molecule has 1 heterocycles. The first-order chi connectivity index (χ1) is 9.97. The van der Waals surface area contributed by atoms with Crippen LogP contribution in [0.3, 0.4) is 0 Å². The van der Waals surface area contributed by atoms with Crippen LogP contribution in [0.2, 0.25) is 5.02 Å². The maximum absolute atomic E-state index is 12.3. The molecule has 0 unspecified atom stereocenters. The van der Waals surface area contributed by atoms with E-state index in [0.29, 0.717) is 27.5 Å². The summed E-state index contributed by atoms with van der Waals surface area (Å²) < 4.78 is 6.50. The lowest BCUT2D eigenvalue weighted by atomic mass is 10.1. The Balaban J connectivity index is 2.74. The van der Waals surface area contributed by atoms with Crippen LogP contribution in [-0.2, 0) is 4.74 Å². The molecule has 0 spiro atoms. The van der Waals surface area contributed by atoms with Crippen LogP contribution >= 0.6 is 11.6 Å². The number of pyridine rings is 1. The SMILES string of the molecule is CCOC(=O)c1c(C)cc(=O)n(-c2ccccc2Cl)c1C. The lowest BCUT2D eigenvalue weighted by Gasteiger charge is -2.16. The standard InChI is InChI=1S/C16H16ClNO3/c1-4-21-16(20)15-10(2)9-14(19)18(11(15)3)13-8-6-5-7-12(13)17/h5-9H,4H2,1-3H3. The highest BCUT2D eigenvalue weighted by molar-refractivity contribution is 6.32. The third-order valence-corrected chi connectivity index (χ3v) is 3.54. The molecular weight excluding hydrogens is 290 g/mol. The van der Waals surface area contributed by atoms with E-state index in [-0.39, 0.29) is 12.2 Å². The van der Waals surface area contributed by atoms with Crippen LogP contribution in [0.5, 0.6) is 0 Å². The molecule has 0 bridgehead atoms. The summed E-state index contributed by atoms with van der Waals surface area (Å²) in [5.41, 5.74) is 1.83. The first-order valence-electron chi connectivity index (χ1n) is 6.62. The van der Waals surface area contributed by atoms with Gasteiger partial charge in [0, 0.05) is 11.8 Å². The molecule has 0 aliphatic carbocycles. The van der Waals surface area contributed by atoms with Crippen LogP contribution in [0.4, 0.5) is 0 Å². The smallest absolute Gasteiger partial charge is 0.340 e. The van der Waals surface area contributed by atoms with E-state index < -0.39 is 5.97 Å². The number of hydrogen-bond donors (Lipinski definition) is 0. The molecule has 0 aliphatic heterocycles. The van der Waals surface area contributed by atoms with Gasteiger partial charge in [-0.15, -0.1) is 0 Å². The summed E-state index contributed by atoms with van der Waals surface area (Å²) in [4.78, 5) is 24.4. The quantitative estimate of drug-likeness (QED) is 0.818. The third-order valence-electron chi connectivity index (χ3n) is 3.22. The number of para-hydroxylation sites is 1. The van der Waals surface area contributed by atoms with Gasteiger partial charge in [-0.25, -0.2) is 4.79 Å². The molecule has 0 N–H and O–H groups in total. The monoisotopic (exact) mass is 305 g/mol. The minimum atomic E-state index is -0.437. The normalized spacial score (nSPS) is 10.5. The molecule has 0 saturated carbocycles. The van der Waals surface area contributed by atoms with Crippen molar-refractivity contribution in [3.8, 4) is 5.69 Å². The van der Waals surface area contributed by atoms with Crippen LogP contribution in [-0.4, -0.2) is 17.1 Å². The molecule has 110 valence electrons. The zero-order chi connectivity index (χ0) is 15.6. The molecule has 21 heavy (non-hydrogen) atoms. The Morgan fingerprint density at radius 2 is 1.95 bits per heavy atom. The van der Waals surface area contributed by atoms with Gasteiger partial charge in [0.25, 0.3) is 5.56 Å². The second-order valence-corrected chi connectivity index (χ2v) is 5.04. The van der Waals surface area contributed by atoms with Crippen LogP contribution in [0.1, 0.15) is 28.5 Å². The molecule has 0 saturated heterocycles. The largest absolute Gasteiger partial charge is 0.462 e. The van der Waals surface area contributed by atoms with E-state index >= 15 is 0 Å². The van der Waals surface area contributed by atoms with Crippen molar-refractivity contribution in [1.29, 1.82) is 0 Å². The Labute approximate surface area is 127 Å². The number of esters is 1. The van der Waals surface area contributed by atoms with Crippen molar-refractivity contribution in [2.75, 3.05) is 6.61 Å². The van der Waals surface area contributed by atoms with E-state index in [0.717, 1.165) is 0 Å². The number of halogens is 1. The highest BCUT2D eigenvalue weighted by atomic mass is 35.5. The zero-order valence-corrected chi connectivity index (χ0v) is 12.9. The van der Waals surface area contributed by atoms with E-state index in [4.69, 9.17) is 16.3 Å². The average molecular weight is 306 g/mol. The number of carbonyl (C=O) groups excluding carboxylic acids is 1. The van der Waals surface area contributed by atoms with Gasteiger partial charge in [0.05, 0.1) is 22.9 Å². The molecule has 0 amide bonds. The van der Waals surface area contributed by atoms with Gasteiger partial charge in [-0.05, 0) is 38.5 Å². The highest BCUT2D eigenvalue weighted by Gasteiger charge is 2.19. The number of rotatable bonds is 3. The number of nitrogens with zero attached hydrogens (tertiary/aromatic N) is 1. The van der Waals surface area contributed by atoms with Crippen LogP contribution < -0.4 is 5.56 Å². The van der Waals surface area contributed by atoms with E-state index in [1.165, 1.54) is 10.6 Å². The fourth-order valence-electron chi connectivity index (χ4n) is 2.33. The van der Waals surface area contributed by atoms with E-state index in [9.17, 15) is 9.59 Å². The molecule has 1 aromatic heterocycles. The van der Waals surface area contributed by atoms with E-state index in [1.54, 1.807) is 45.0 Å². The van der Waals surface area contributed by atoms with Gasteiger partial charge in [0.1, 0.15) is 0 Å². The van der Waals surface area contributed by atoms with Crippen molar-refractivity contribution in [3.05, 3.63) is 62.5 Å². The fourth-order valence-corrected chi connectivity index (χ4v) is 2.55. The summed E-state index contributed by atoms with van der Waals surface area (Å²) in [5, 5.41) is 0.446. The van der Waals surface area contributed by atoms with Crippen molar-refractivity contribution in [2.45, 2.75) is 20.8 Å². The van der Waals surface area contributed by atoms with Crippen LogP contribution in [0.25, 0.3) is 5.69 Å². The average Bonchev–Trinajstić information content (AvgIpc) is 2.40. The second-order valence-electron chi connectivity index (χ2n) is 4.63. The van der Waals surface area contributed by atoms with Gasteiger partial charge >= 0.3 is 5.97 Å². The second kappa shape index (κ2) is 6.14. The number of aryl methyl sites for hydroxylation is 1. The minimum Gasteiger partial charge on any atom is -0.462 e. The molecule has 1 aromatic carbocycles. The number of hydrogen-bond acceptors (Lipinski definition) is 3. The first kappa shape index (κ1) is 15.3. The predicted octanol–water partition coefficient (Wildman–Crippen LogP) is 3.28. The van der Waals surface area contributed by atoms with E-state index in [2.05, 4.69) is 0 Å². The summed E-state index contributed by atoms with van der Waals surface area (Å²) in [6.07, 6.45) is 0. The van der Waals surface area contributed by atoms with Gasteiger partial charge < -0.3 is 4.74 Å². The van der Waals surface area contributed by atoms with E-state index in [1.807, 2.05) is 0 Å². The minimum absolute atomic E-state index is 0.230. The molecule has 0 atom stereocenters. The van der Waals surface area contributed by atoms with Crippen molar-refractivity contribution >= 4 is 17.6 Å². The fraction of sp³-hybridized carbons (Fsp3) is 0.250. The highest BCUT2D eigenvalue weighted by Crippen LogP contribution is 2.22. The summed E-state index contributed by atoms with van der Waals surface area (Å²) >= 11 is 6.16. The molecule has 5 heteroatoms. The van der Waals surface area contributed by atoms with Gasteiger partial charge in [0.2, 0.25) is 0 Å². The number of aromatic nitrogens is 1. The van der Waals surface area contributed by atoms with Crippen molar-refractivity contribution in [2.24, 2.45) is 0 Å². The maximum Gasteiger partial charge on any atom is 0.340 e. The molecule has 0 radical (unpaired) electrons. The summed E-state index contributed by atoms with van der Waals surface area (Å²) in [5.74, 6) is -0.437. The van der Waals surface area contributed by atoms with Crippen LogP contribution in [0, 0.1) is 13.8 Å². The van der Waals surface area contributed by atoms with Crippen molar-refractivity contribution in [3.63, 3.8) is 0 Å². The molecule has 0 aliphatic rings. The Morgan fingerprint density at radius 1 is 1.29 bits per heavy atom. The Bertz CT molecular complexity index is 750. The van der Waals surface area contributed by atoms with Crippen molar-refractivity contribution in [1.82, 2.24) is 4.57 Å². The molecule has 2 aromatic rings. The lowest BCUT2D eigenvalue weighted by molar-refractivity contribution is 0.0523. The topological polar surface area (TPSA) is 48.3 Å². The summed E-state index contributed by atoms with van der Waals surface area (Å²) in [6, 6.07) is 8.43. The molecular formula is C16H16ClNO3. The van der Waals surface area contributed by atoms with Gasteiger partial charge in [-0.1, -0.05) is 23.7 Å². The Morgan fingerprint density at radius 3 is 2.57 bits per heavy atom. The van der Waals surface area contributed by atoms with Crippen LogP contribution in [0.15, 0.2) is 35.1 Å². The Kier molecular flexibility index (Phi) is 4.48. The number of ether oxygens (including phenoxy) is 1. The molecule has 0 fully saturated rings. The third kappa shape index (κ3) is 2.85.